The van der Waals surface area contributed by atoms with Gasteiger partial charge in [0.25, 0.3) is 0 Å². The smallest absolute Gasteiger partial charge is 0.353 e. The van der Waals surface area contributed by atoms with Gasteiger partial charge in [-0.05, 0) is 30.2 Å². The number of pyridine rings is 1. The Labute approximate surface area is 93.5 Å². The van der Waals surface area contributed by atoms with E-state index in [1.54, 1.807) is 18.2 Å². The van der Waals surface area contributed by atoms with Crippen LogP contribution in [0.1, 0.15) is 5.56 Å². The van der Waals surface area contributed by atoms with Crippen LogP contribution in [0.3, 0.4) is 0 Å². The molecule has 2 rings (SSSR count). The molecule has 4 heteroatoms. The Morgan fingerprint density at radius 3 is 2.44 bits per heavy atom. The molecule has 2 aromatic rings. The molecule has 1 heterocycles. The Balaban J connectivity index is 2.21. The van der Waals surface area contributed by atoms with E-state index in [0.717, 1.165) is 11.3 Å². The fourth-order valence-electron chi connectivity index (χ4n) is 1.22. The van der Waals surface area contributed by atoms with Crippen LogP contribution in [0.4, 0.5) is 11.5 Å². The maximum absolute atomic E-state index is 11.3. The molecule has 0 radical (unpaired) electrons. The van der Waals surface area contributed by atoms with Gasteiger partial charge in [-0.25, -0.2) is 4.73 Å². The lowest BCUT2D eigenvalue weighted by Gasteiger charge is -1.99. The lowest BCUT2D eigenvalue weighted by molar-refractivity contribution is -0.591. The molecule has 0 bridgehead atoms. The predicted octanol–water partition coefficient (Wildman–Crippen LogP) is 3.04. The predicted molar refractivity (Wildman–Crippen MR) is 60.8 cm³/mol. The molecule has 0 N–H and O–H groups in total. The van der Waals surface area contributed by atoms with Crippen molar-refractivity contribution in [3.8, 4) is 0 Å². The third kappa shape index (κ3) is 2.42. The van der Waals surface area contributed by atoms with Crippen molar-refractivity contribution in [2.75, 3.05) is 0 Å². The molecule has 4 nitrogen and oxygen atoms in total. The molecule has 0 aliphatic carbocycles. The molecule has 1 aromatic carbocycles. The average Bonchev–Trinajstić information content (AvgIpc) is 2.30. The molecule has 0 amide bonds. The topological polar surface area (TPSA) is 51.7 Å². The van der Waals surface area contributed by atoms with Gasteiger partial charge in [0.1, 0.15) is 5.69 Å². The second-order valence-electron chi connectivity index (χ2n) is 3.42. The van der Waals surface area contributed by atoms with Gasteiger partial charge in [0.2, 0.25) is 0 Å². The molecule has 0 saturated carbocycles. The molecular weight excluding hydrogens is 202 g/mol. The van der Waals surface area contributed by atoms with Gasteiger partial charge in [-0.2, -0.15) is 0 Å². The molecule has 0 aliphatic rings. The lowest BCUT2D eigenvalue weighted by atomic mass is 10.2. The Hall–Kier alpha value is -2.23. The molecule has 0 fully saturated rings. The summed E-state index contributed by atoms with van der Waals surface area (Å²) in [6.07, 6.45) is 1.39. The van der Waals surface area contributed by atoms with Crippen LogP contribution in [-0.2, 0) is 0 Å². The first kappa shape index (κ1) is 10.3. The second-order valence-corrected chi connectivity index (χ2v) is 3.42. The first-order valence-electron chi connectivity index (χ1n) is 4.92. The van der Waals surface area contributed by atoms with E-state index in [4.69, 9.17) is 0 Å². The van der Waals surface area contributed by atoms with Crippen LogP contribution in [0.2, 0.25) is 0 Å². The van der Waals surface area contributed by atoms with Crippen molar-refractivity contribution < 1.29 is 4.73 Å². The highest BCUT2D eigenvalue weighted by Crippen LogP contribution is 2.15. The number of azo groups is 1. The van der Waals surface area contributed by atoms with Crippen LogP contribution in [0.5, 0.6) is 0 Å². The first-order chi connectivity index (χ1) is 7.75. The monoisotopic (exact) mass is 213 g/mol. The van der Waals surface area contributed by atoms with Crippen molar-refractivity contribution in [2.24, 2.45) is 10.2 Å². The maximum Gasteiger partial charge on any atom is 0.353 e. The molecule has 0 unspecified atom stereocenters. The number of hydrogen-bond acceptors (Lipinski definition) is 3. The zero-order chi connectivity index (χ0) is 11.4. The van der Waals surface area contributed by atoms with Gasteiger partial charge in [0, 0.05) is 6.07 Å². The summed E-state index contributed by atoms with van der Waals surface area (Å²) in [5.41, 5.74) is 1.90. The number of aryl methyl sites for hydroxylation is 1. The van der Waals surface area contributed by atoms with Gasteiger partial charge in [-0.3, -0.25) is 0 Å². The van der Waals surface area contributed by atoms with Gasteiger partial charge < -0.3 is 5.21 Å². The zero-order valence-corrected chi connectivity index (χ0v) is 8.87. The van der Waals surface area contributed by atoms with Crippen molar-refractivity contribution in [1.82, 2.24) is 0 Å². The number of rotatable bonds is 2. The van der Waals surface area contributed by atoms with Crippen molar-refractivity contribution in [3.63, 3.8) is 0 Å². The highest BCUT2D eigenvalue weighted by Gasteiger charge is 2.01. The molecule has 80 valence electrons. The summed E-state index contributed by atoms with van der Waals surface area (Å²) in [6.45, 7) is 2.00. The summed E-state index contributed by atoms with van der Waals surface area (Å²) in [7, 11) is 0. The average molecular weight is 213 g/mol. The second kappa shape index (κ2) is 4.53. The van der Waals surface area contributed by atoms with E-state index < -0.39 is 0 Å². The highest BCUT2D eigenvalue weighted by atomic mass is 16.5. The number of hydrogen-bond donors (Lipinski definition) is 0. The molecule has 0 atom stereocenters. The van der Waals surface area contributed by atoms with Crippen LogP contribution in [0, 0.1) is 12.1 Å². The van der Waals surface area contributed by atoms with Crippen molar-refractivity contribution in [3.05, 3.63) is 59.4 Å². The number of benzene rings is 1. The molecule has 0 spiro atoms. The van der Waals surface area contributed by atoms with E-state index in [2.05, 4.69) is 10.2 Å². The molecule has 16 heavy (non-hydrogen) atoms. The Morgan fingerprint density at radius 1 is 1.00 bits per heavy atom. The fourth-order valence-corrected chi connectivity index (χ4v) is 1.22. The van der Waals surface area contributed by atoms with Gasteiger partial charge in [0.05, 0.1) is 11.3 Å². The lowest BCUT2D eigenvalue weighted by Crippen LogP contribution is -2.24. The summed E-state index contributed by atoms with van der Waals surface area (Å²) in [5, 5.41) is 19.1. The third-order valence-electron chi connectivity index (χ3n) is 2.11. The van der Waals surface area contributed by atoms with Gasteiger partial charge >= 0.3 is 5.82 Å². The number of aromatic nitrogens is 1. The van der Waals surface area contributed by atoms with Crippen LogP contribution >= 0.6 is 0 Å². The Morgan fingerprint density at radius 2 is 1.75 bits per heavy atom. The summed E-state index contributed by atoms with van der Waals surface area (Å²) < 4.78 is 0.678. The van der Waals surface area contributed by atoms with E-state index in [0.29, 0.717) is 4.73 Å². The van der Waals surface area contributed by atoms with Crippen molar-refractivity contribution in [1.29, 1.82) is 0 Å². The highest BCUT2D eigenvalue weighted by molar-refractivity contribution is 5.38. The van der Waals surface area contributed by atoms with Crippen molar-refractivity contribution in [2.45, 2.75) is 6.92 Å². The van der Waals surface area contributed by atoms with Crippen LogP contribution in [0.15, 0.2) is 58.9 Å². The van der Waals surface area contributed by atoms with Gasteiger partial charge in [-0.15, -0.1) is 0 Å². The van der Waals surface area contributed by atoms with E-state index in [1.807, 2.05) is 31.2 Å². The maximum atomic E-state index is 11.3. The minimum atomic E-state index is 0.281. The SMILES string of the molecule is Cc1ccc(N=Nc2cccc[n+]2[O-])cc1. The minimum absolute atomic E-state index is 0.281. The molecule has 1 aromatic heterocycles. The Bertz CT molecular complexity index is 506. The van der Waals surface area contributed by atoms with E-state index in [-0.39, 0.29) is 5.82 Å². The van der Waals surface area contributed by atoms with Crippen LogP contribution in [0.25, 0.3) is 0 Å². The fraction of sp³-hybridized carbons (Fsp3) is 0.0833. The van der Waals surface area contributed by atoms with E-state index in [9.17, 15) is 5.21 Å². The molecule has 0 aliphatic heterocycles. The summed E-state index contributed by atoms with van der Waals surface area (Å²) in [5.74, 6) is 0.281. The summed E-state index contributed by atoms with van der Waals surface area (Å²) in [6, 6.07) is 12.6. The van der Waals surface area contributed by atoms with Gasteiger partial charge in [0.15, 0.2) is 0 Å². The third-order valence-corrected chi connectivity index (χ3v) is 2.11. The van der Waals surface area contributed by atoms with E-state index >= 15 is 0 Å². The largest absolute Gasteiger partial charge is 0.710 e. The van der Waals surface area contributed by atoms with Gasteiger partial charge in [-0.1, -0.05) is 23.8 Å². The normalized spacial score (nSPS) is 10.8. The quantitative estimate of drug-likeness (QED) is 0.429. The minimum Gasteiger partial charge on any atom is -0.710 e. The number of nitrogens with zero attached hydrogens (tertiary/aromatic N) is 3. The molecular formula is C12H11N3O. The standard InChI is InChI=1S/C12H11N3O/c1-10-5-7-11(8-6-10)13-14-12-4-2-3-9-15(12)16/h2-9H,1H3. The van der Waals surface area contributed by atoms with Crippen LogP contribution in [-0.4, -0.2) is 0 Å². The van der Waals surface area contributed by atoms with E-state index in [1.165, 1.54) is 6.20 Å². The summed E-state index contributed by atoms with van der Waals surface area (Å²) >= 11 is 0. The van der Waals surface area contributed by atoms with Crippen LogP contribution < -0.4 is 4.73 Å². The Kier molecular flexibility index (Phi) is 2.91. The molecule has 0 saturated heterocycles. The zero-order valence-electron chi connectivity index (χ0n) is 8.87. The summed E-state index contributed by atoms with van der Waals surface area (Å²) in [4.78, 5) is 0. The first-order valence-corrected chi connectivity index (χ1v) is 4.92. The van der Waals surface area contributed by atoms with Crippen molar-refractivity contribution >= 4 is 11.5 Å².